The van der Waals surface area contributed by atoms with Gasteiger partial charge in [-0.3, -0.25) is 0 Å². The number of H-pyrrole nitrogens is 1. The van der Waals surface area contributed by atoms with Gasteiger partial charge in [0, 0.05) is 25.2 Å². The fourth-order valence-corrected chi connectivity index (χ4v) is 4.02. The van der Waals surface area contributed by atoms with Crippen LogP contribution in [0.2, 0.25) is 0 Å². The molecule has 0 aliphatic carbocycles. The van der Waals surface area contributed by atoms with Crippen LogP contribution < -0.4 is 9.64 Å². The van der Waals surface area contributed by atoms with E-state index in [9.17, 15) is 0 Å². The van der Waals surface area contributed by atoms with E-state index in [1.54, 1.807) is 6.33 Å². The fourth-order valence-electron chi connectivity index (χ4n) is 4.02. The second-order valence-electron chi connectivity index (χ2n) is 6.82. The van der Waals surface area contributed by atoms with Crippen LogP contribution in [0.3, 0.4) is 0 Å². The molecule has 2 aliphatic heterocycles. The van der Waals surface area contributed by atoms with Gasteiger partial charge in [-0.2, -0.15) is 0 Å². The molecular formula is C18H21N5O. The normalized spacial score (nSPS) is 21.2. The van der Waals surface area contributed by atoms with Crippen LogP contribution in [0.25, 0.3) is 11.0 Å². The summed E-state index contributed by atoms with van der Waals surface area (Å²) >= 11 is 0. The van der Waals surface area contributed by atoms with Gasteiger partial charge < -0.3 is 19.2 Å². The van der Waals surface area contributed by atoms with Gasteiger partial charge in [-0.05, 0) is 31.9 Å². The summed E-state index contributed by atoms with van der Waals surface area (Å²) in [6.07, 6.45) is 6.04. The van der Waals surface area contributed by atoms with E-state index >= 15 is 0 Å². The maximum atomic E-state index is 5.88. The number of anilines is 1. The van der Waals surface area contributed by atoms with Gasteiger partial charge in [0.25, 0.3) is 0 Å². The topological polar surface area (TPSA) is 59.0 Å². The minimum absolute atomic E-state index is 0.309. The number of benzene rings is 1. The fraction of sp³-hybridized carbons (Fsp3) is 0.444. The lowest BCUT2D eigenvalue weighted by atomic mass is 9.94. The number of piperidine rings is 1. The highest BCUT2D eigenvalue weighted by Gasteiger charge is 2.29. The number of aromatic amines is 1. The molecule has 2 aliphatic rings. The van der Waals surface area contributed by atoms with Gasteiger partial charge in [0.05, 0.1) is 23.6 Å². The number of ether oxygens (including phenoxy) is 1. The van der Waals surface area contributed by atoms with Crippen molar-refractivity contribution in [2.45, 2.75) is 31.7 Å². The molecule has 5 rings (SSSR count). The van der Waals surface area contributed by atoms with E-state index in [1.807, 2.05) is 18.3 Å². The zero-order valence-corrected chi connectivity index (χ0v) is 13.8. The molecule has 0 radical (unpaired) electrons. The first kappa shape index (κ1) is 13.9. The Bertz CT molecular complexity index is 861. The SMILES string of the molecule is C[C@H]1COc2cccc3nc(N4CCC(c5c[nH]cn5)CC4)n1c23. The van der Waals surface area contributed by atoms with Crippen LogP contribution in [0.1, 0.15) is 37.4 Å². The molecule has 1 aromatic carbocycles. The van der Waals surface area contributed by atoms with Crippen molar-refractivity contribution in [3.63, 3.8) is 0 Å². The Balaban J connectivity index is 1.48. The summed E-state index contributed by atoms with van der Waals surface area (Å²) in [5, 5.41) is 0. The van der Waals surface area contributed by atoms with Gasteiger partial charge in [0.2, 0.25) is 5.95 Å². The third kappa shape index (κ3) is 2.02. The number of hydrogen-bond acceptors (Lipinski definition) is 4. The van der Waals surface area contributed by atoms with Crippen molar-refractivity contribution in [3.05, 3.63) is 36.4 Å². The standard InChI is InChI=1S/C18H21N5O/c1-12-10-24-16-4-2-3-14-17(16)23(12)18(21-14)22-7-5-13(6-8-22)15-9-19-11-20-15/h2-4,9,11-13H,5-8,10H2,1H3,(H,19,20)/t12-/m0/s1. The third-order valence-corrected chi connectivity index (χ3v) is 5.29. The summed E-state index contributed by atoms with van der Waals surface area (Å²) in [6, 6.07) is 6.46. The summed E-state index contributed by atoms with van der Waals surface area (Å²) in [6.45, 7) is 4.95. The lowest BCUT2D eigenvalue weighted by Gasteiger charge is -2.34. The molecule has 0 saturated carbocycles. The Morgan fingerprint density at radius 2 is 2.12 bits per heavy atom. The Labute approximate surface area is 140 Å². The van der Waals surface area contributed by atoms with Crippen LogP contribution in [-0.2, 0) is 0 Å². The molecule has 0 bridgehead atoms. The first-order valence-electron chi connectivity index (χ1n) is 8.68. The first-order valence-corrected chi connectivity index (χ1v) is 8.68. The first-order chi connectivity index (χ1) is 11.8. The summed E-state index contributed by atoms with van der Waals surface area (Å²) in [5.74, 6) is 2.60. The van der Waals surface area contributed by atoms with Gasteiger partial charge in [-0.25, -0.2) is 9.97 Å². The molecule has 1 atom stereocenters. The predicted molar refractivity (Wildman–Crippen MR) is 92.7 cm³/mol. The highest BCUT2D eigenvalue weighted by Crippen LogP contribution is 2.38. The van der Waals surface area contributed by atoms with E-state index in [0.717, 1.165) is 48.7 Å². The lowest BCUT2D eigenvalue weighted by molar-refractivity contribution is 0.248. The van der Waals surface area contributed by atoms with Gasteiger partial charge in [0.15, 0.2) is 0 Å². The van der Waals surface area contributed by atoms with E-state index in [2.05, 4.69) is 32.4 Å². The van der Waals surface area contributed by atoms with E-state index in [0.29, 0.717) is 18.6 Å². The van der Waals surface area contributed by atoms with Gasteiger partial charge in [-0.1, -0.05) is 6.07 Å². The summed E-state index contributed by atoms with van der Waals surface area (Å²) in [7, 11) is 0. The molecule has 1 saturated heterocycles. The lowest BCUT2D eigenvalue weighted by Crippen LogP contribution is -2.36. The zero-order chi connectivity index (χ0) is 16.1. The number of hydrogen-bond donors (Lipinski definition) is 1. The smallest absolute Gasteiger partial charge is 0.207 e. The summed E-state index contributed by atoms with van der Waals surface area (Å²) in [4.78, 5) is 14.9. The monoisotopic (exact) mass is 323 g/mol. The highest BCUT2D eigenvalue weighted by molar-refractivity contribution is 5.85. The van der Waals surface area contributed by atoms with E-state index in [1.165, 1.54) is 5.69 Å². The van der Waals surface area contributed by atoms with E-state index < -0.39 is 0 Å². The molecule has 6 heteroatoms. The van der Waals surface area contributed by atoms with Crippen LogP contribution in [0.5, 0.6) is 5.75 Å². The molecule has 3 aromatic rings. The van der Waals surface area contributed by atoms with Gasteiger partial charge in [-0.15, -0.1) is 0 Å². The van der Waals surface area contributed by atoms with Crippen LogP contribution >= 0.6 is 0 Å². The van der Waals surface area contributed by atoms with Crippen LogP contribution in [-0.4, -0.2) is 39.2 Å². The van der Waals surface area contributed by atoms with Crippen molar-refractivity contribution in [2.24, 2.45) is 0 Å². The molecule has 0 spiro atoms. The average molecular weight is 323 g/mol. The second kappa shape index (κ2) is 5.26. The summed E-state index contributed by atoms with van der Waals surface area (Å²) < 4.78 is 8.25. The summed E-state index contributed by atoms with van der Waals surface area (Å²) in [5.41, 5.74) is 3.36. The molecule has 0 unspecified atom stereocenters. The number of nitrogens with one attached hydrogen (secondary N) is 1. The number of imidazole rings is 2. The molecule has 24 heavy (non-hydrogen) atoms. The zero-order valence-electron chi connectivity index (χ0n) is 13.8. The molecule has 4 heterocycles. The van der Waals surface area contributed by atoms with Crippen LogP contribution in [0, 0.1) is 0 Å². The average Bonchev–Trinajstić information content (AvgIpc) is 3.27. The molecule has 1 N–H and O–H groups in total. The molecule has 2 aromatic heterocycles. The van der Waals surface area contributed by atoms with E-state index in [4.69, 9.17) is 9.72 Å². The van der Waals surface area contributed by atoms with Gasteiger partial charge in [0.1, 0.15) is 17.9 Å². The van der Waals surface area contributed by atoms with Crippen molar-refractivity contribution >= 4 is 17.0 Å². The van der Waals surface area contributed by atoms with Crippen molar-refractivity contribution in [1.82, 2.24) is 19.5 Å². The number of nitrogens with zero attached hydrogens (tertiary/aromatic N) is 4. The van der Waals surface area contributed by atoms with Crippen molar-refractivity contribution in [1.29, 1.82) is 0 Å². The minimum Gasteiger partial charge on any atom is -0.489 e. The minimum atomic E-state index is 0.309. The highest BCUT2D eigenvalue weighted by atomic mass is 16.5. The third-order valence-electron chi connectivity index (χ3n) is 5.29. The predicted octanol–water partition coefficient (Wildman–Crippen LogP) is 3.10. The number of aromatic nitrogens is 4. The Morgan fingerprint density at radius 3 is 2.92 bits per heavy atom. The Hall–Kier alpha value is -2.50. The maximum Gasteiger partial charge on any atom is 0.207 e. The molecule has 6 nitrogen and oxygen atoms in total. The van der Waals surface area contributed by atoms with Crippen molar-refractivity contribution < 1.29 is 4.74 Å². The van der Waals surface area contributed by atoms with E-state index in [-0.39, 0.29) is 0 Å². The quantitative estimate of drug-likeness (QED) is 0.787. The number of rotatable bonds is 2. The Morgan fingerprint density at radius 1 is 1.25 bits per heavy atom. The molecule has 124 valence electrons. The molecular weight excluding hydrogens is 302 g/mol. The molecule has 1 fully saturated rings. The van der Waals surface area contributed by atoms with Gasteiger partial charge >= 0.3 is 0 Å². The van der Waals surface area contributed by atoms with Crippen LogP contribution in [0.15, 0.2) is 30.7 Å². The van der Waals surface area contributed by atoms with Crippen molar-refractivity contribution in [3.8, 4) is 5.75 Å². The second-order valence-corrected chi connectivity index (χ2v) is 6.82. The van der Waals surface area contributed by atoms with Crippen LogP contribution in [0.4, 0.5) is 5.95 Å². The Kier molecular flexibility index (Phi) is 3.04. The largest absolute Gasteiger partial charge is 0.489 e. The molecule has 0 amide bonds. The number of para-hydroxylation sites is 1. The maximum absolute atomic E-state index is 5.88. The van der Waals surface area contributed by atoms with Crippen molar-refractivity contribution in [2.75, 3.05) is 24.6 Å².